The van der Waals surface area contributed by atoms with Crippen LogP contribution in [0.3, 0.4) is 0 Å². The van der Waals surface area contributed by atoms with Gasteiger partial charge in [-0.3, -0.25) is 4.68 Å². The average Bonchev–Trinajstić information content (AvgIpc) is 2.73. The van der Waals surface area contributed by atoms with E-state index in [0.717, 1.165) is 37.4 Å². The van der Waals surface area contributed by atoms with Gasteiger partial charge in [-0.1, -0.05) is 13.0 Å². The summed E-state index contributed by atoms with van der Waals surface area (Å²) >= 11 is 0. The summed E-state index contributed by atoms with van der Waals surface area (Å²) in [6.45, 7) is 6.18. The summed E-state index contributed by atoms with van der Waals surface area (Å²) in [5.74, 6) is 0.858. The molecule has 0 unspecified atom stereocenters. The van der Waals surface area contributed by atoms with Crippen molar-refractivity contribution >= 4 is 5.57 Å². The Bertz CT molecular complexity index is 369. The Morgan fingerprint density at radius 2 is 2.35 bits per heavy atom. The van der Waals surface area contributed by atoms with Gasteiger partial charge in [-0.2, -0.15) is 5.10 Å². The van der Waals surface area contributed by atoms with Crippen LogP contribution in [0.1, 0.15) is 32.4 Å². The number of ether oxygens (including phenoxy) is 1. The zero-order chi connectivity index (χ0) is 12.7. The summed E-state index contributed by atoms with van der Waals surface area (Å²) in [7, 11) is 3.66. The van der Waals surface area contributed by atoms with Crippen molar-refractivity contribution in [1.82, 2.24) is 15.1 Å². The lowest BCUT2D eigenvalue weighted by Gasteiger charge is -2.08. The van der Waals surface area contributed by atoms with Gasteiger partial charge >= 0.3 is 0 Å². The Hall–Kier alpha value is -1.29. The first kappa shape index (κ1) is 13.8. The molecule has 0 spiro atoms. The molecule has 1 heterocycles. The molecule has 0 atom stereocenters. The van der Waals surface area contributed by atoms with Gasteiger partial charge < -0.3 is 10.1 Å². The van der Waals surface area contributed by atoms with E-state index in [1.54, 1.807) is 13.3 Å². The molecule has 4 heteroatoms. The van der Waals surface area contributed by atoms with E-state index in [2.05, 4.69) is 30.3 Å². The molecule has 1 N–H and O–H groups in total. The Morgan fingerprint density at radius 3 is 2.94 bits per heavy atom. The molecule has 0 aliphatic carbocycles. The van der Waals surface area contributed by atoms with Crippen molar-refractivity contribution < 1.29 is 4.74 Å². The van der Waals surface area contributed by atoms with E-state index in [9.17, 15) is 0 Å². The predicted molar refractivity (Wildman–Crippen MR) is 71.3 cm³/mol. The van der Waals surface area contributed by atoms with E-state index in [1.165, 1.54) is 5.57 Å². The molecule has 0 radical (unpaired) electrons. The maximum absolute atomic E-state index is 5.36. The molecule has 96 valence electrons. The normalized spacial score (nSPS) is 11.9. The van der Waals surface area contributed by atoms with Gasteiger partial charge in [0.05, 0.1) is 13.3 Å². The Morgan fingerprint density at radius 1 is 1.59 bits per heavy atom. The van der Waals surface area contributed by atoms with E-state index in [0.29, 0.717) is 0 Å². The smallest absolute Gasteiger partial charge is 0.164 e. The maximum atomic E-state index is 5.36. The van der Waals surface area contributed by atoms with Crippen LogP contribution in [0.15, 0.2) is 12.3 Å². The van der Waals surface area contributed by atoms with Crippen LogP contribution in [0.2, 0.25) is 0 Å². The number of aromatic nitrogens is 2. The highest BCUT2D eigenvalue weighted by molar-refractivity contribution is 5.65. The van der Waals surface area contributed by atoms with Crippen LogP contribution in [-0.4, -0.2) is 30.5 Å². The third kappa shape index (κ3) is 3.60. The molecular weight excluding hydrogens is 214 g/mol. The summed E-state index contributed by atoms with van der Waals surface area (Å²) in [6.07, 6.45) is 6.10. The highest BCUT2D eigenvalue weighted by Crippen LogP contribution is 2.25. The minimum absolute atomic E-state index is 0.858. The zero-order valence-corrected chi connectivity index (χ0v) is 11.3. The Kier molecular flexibility index (Phi) is 5.77. The van der Waals surface area contributed by atoms with Gasteiger partial charge in [0, 0.05) is 6.54 Å². The molecule has 0 aromatic carbocycles. The van der Waals surface area contributed by atoms with Crippen LogP contribution in [-0.2, 0) is 6.54 Å². The summed E-state index contributed by atoms with van der Waals surface area (Å²) in [4.78, 5) is 0. The second kappa shape index (κ2) is 7.12. The lowest BCUT2D eigenvalue weighted by atomic mass is 10.1. The van der Waals surface area contributed by atoms with E-state index in [-0.39, 0.29) is 0 Å². The maximum Gasteiger partial charge on any atom is 0.164 e. The standard InChI is InChI=1S/C13H23N3O/c1-5-9-16-13(12(17-4)10-15-16)11(2)7-6-8-14-3/h7,10,14H,5-6,8-9H2,1-4H3. The van der Waals surface area contributed by atoms with Crippen LogP contribution >= 0.6 is 0 Å². The summed E-state index contributed by atoms with van der Waals surface area (Å²) in [5.41, 5.74) is 2.33. The molecule has 1 rings (SSSR count). The third-order valence-electron chi connectivity index (χ3n) is 2.68. The summed E-state index contributed by atoms with van der Waals surface area (Å²) < 4.78 is 7.38. The molecule has 0 bridgehead atoms. The summed E-state index contributed by atoms with van der Waals surface area (Å²) in [5, 5.41) is 7.50. The average molecular weight is 237 g/mol. The lowest BCUT2D eigenvalue weighted by molar-refractivity contribution is 0.412. The number of aryl methyl sites for hydroxylation is 1. The molecule has 1 aromatic rings. The van der Waals surface area contributed by atoms with Gasteiger partial charge in [-0.15, -0.1) is 0 Å². The highest BCUT2D eigenvalue weighted by Gasteiger charge is 2.12. The number of hydrogen-bond donors (Lipinski definition) is 1. The van der Waals surface area contributed by atoms with Crippen molar-refractivity contribution in [2.75, 3.05) is 20.7 Å². The van der Waals surface area contributed by atoms with Gasteiger partial charge in [0.15, 0.2) is 5.75 Å². The lowest BCUT2D eigenvalue weighted by Crippen LogP contribution is -2.07. The monoisotopic (exact) mass is 237 g/mol. The fourth-order valence-electron chi connectivity index (χ4n) is 1.83. The first-order valence-electron chi connectivity index (χ1n) is 6.16. The van der Waals surface area contributed by atoms with E-state index < -0.39 is 0 Å². The molecule has 1 aromatic heterocycles. The van der Waals surface area contributed by atoms with Crippen molar-refractivity contribution in [3.63, 3.8) is 0 Å². The molecule has 0 aliphatic rings. The first-order valence-corrected chi connectivity index (χ1v) is 6.16. The molecular formula is C13H23N3O. The SMILES string of the molecule is CCCn1ncc(OC)c1C(C)=CCCNC. The van der Waals surface area contributed by atoms with Crippen molar-refractivity contribution in [3.05, 3.63) is 18.0 Å². The highest BCUT2D eigenvalue weighted by atomic mass is 16.5. The molecule has 0 saturated heterocycles. The zero-order valence-electron chi connectivity index (χ0n) is 11.3. The fraction of sp³-hybridized carbons (Fsp3) is 0.615. The van der Waals surface area contributed by atoms with Crippen LogP contribution in [0.4, 0.5) is 0 Å². The number of methoxy groups -OCH3 is 1. The topological polar surface area (TPSA) is 39.1 Å². The van der Waals surface area contributed by atoms with Gasteiger partial charge in [0.25, 0.3) is 0 Å². The van der Waals surface area contributed by atoms with Crippen molar-refractivity contribution in [2.45, 2.75) is 33.2 Å². The molecule has 0 fully saturated rings. The van der Waals surface area contributed by atoms with Gasteiger partial charge in [-0.25, -0.2) is 0 Å². The summed E-state index contributed by atoms with van der Waals surface area (Å²) in [6, 6.07) is 0. The van der Waals surface area contributed by atoms with Crippen LogP contribution in [0.5, 0.6) is 5.75 Å². The van der Waals surface area contributed by atoms with Crippen LogP contribution < -0.4 is 10.1 Å². The molecule has 0 saturated carbocycles. The number of nitrogens with zero attached hydrogens (tertiary/aromatic N) is 2. The van der Waals surface area contributed by atoms with E-state index >= 15 is 0 Å². The number of allylic oxidation sites excluding steroid dienone is 1. The van der Waals surface area contributed by atoms with Gasteiger partial charge in [0.1, 0.15) is 5.69 Å². The molecule has 17 heavy (non-hydrogen) atoms. The first-order chi connectivity index (χ1) is 8.24. The second-order valence-corrected chi connectivity index (χ2v) is 4.06. The van der Waals surface area contributed by atoms with E-state index in [1.807, 2.05) is 11.7 Å². The van der Waals surface area contributed by atoms with Gasteiger partial charge in [0.2, 0.25) is 0 Å². The van der Waals surface area contributed by atoms with Crippen LogP contribution in [0, 0.1) is 0 Å². The number of rotatable bonds is 7. The fourth-order valence-corrected chi connectivity index (χ4v) is 1.83. The minimum atomic E-state index is 0.858. The van der Waals surface area contributed by atoms with Gasteiger partial charge in [-0.05, 0) is 38.9 Å². The predicted octanol–water partition coefficient (Wildman–Crippen LogP) is 2.31. The third-order valence-corrected chi connectivity index (χ3v) is 2.68. The van der Waals surface area contributed by atoms with Crippen molar-refractivity contribution in [3.8, 4) is 5.75 Å². The number of hydrogen-bond acceptors (Lipinski definition) is 3. The van der Waals surface area contributed by atoms with Crippen LogP contribution in [0.25, 0.3) is 5.57 Å². The van der Waals surface area contributed by atoms with Crippen molar-refractivity contribution in [1.29, 1.82) is 0 Å². The molecule has 0 amide bonds. The van der Waals surface area contributed by atoms with E-state index in [4.69, 9.17) is 4.74 Å². The largest absolute Gasteiger partial charge is 0.493 e. The van der Waals surface area contributed by atoms with Crippen molar-refractivity contribution in [2.24, 2.45) is 0 Å². The quantitative estimate of drug-likeness (QED) is 0.740. The second-order valence-electron chi connectivity index (χ2n) is 4.06. The molecule has 4 nitrogen and oxygen atoms in total. The number of nitrogens with one attached hydrogen (secondary N) is 1. The Balaban J connectivity index is 2.92. The minimum Gasteiger partial charge on any atom is -0.493 e. The molecule has 0 aliphatic heterocycles. The Labute approximate surface area is 104 Å².